The van der Waals surface area contributed by atoms with Crippen molar-refractivity contribution in [2.24, 2.45) is 10.8 Å². The van der Waals surface area contributed by atoms with Crippen molar-refractivity contribution < 1.29 is 19.7 Å². The fourth-order valence-corrected chi connectivity index (χ4v) is 6.68. The highest BCUT2D eigenvalue weighted by atomic mass is 16.5. The van der Waals surface area contributed by atoms with Crippen LogP contribution in [0, 0.1) is 10.8 Å². The number of rotatable bonds is 5. The molecule has 6 nitrogen and oxygen atoms in total. The Morgan fingerprint density at radius 2 is 1.44 bits per heavy atom. The highest BCUT2D eigenvalue weighted by Gasteiger charge is 2.73. The van der Waals surface area contributed by atoms with Crippen molar-refractivity contribution in [3.63, 3.8) is 0 Å². The maximum atomic E-state index is 11.9. The molecule has 32 heavy (non-hydrogen) atoms. The van der Waals surface area contributed by atoms with Crippen molar-refractivity contribution in [1.82, 2.24) is 4.90 Å². The van der Waals surface area contributed by atoms with Crippen molar-refractivity contribution in [2.75, 3.05) is 45.3 Å². The number of piperazine rings is 1. The van der Waals surface area contributed by atoms with Crippen molar-refractivity contribution in [1.29, 1.82) is 0 Å². The minimum Gasteiger partial charge on any atom is -0.508 e. The van der Waals surface area contributed by atoms with Gasteiger partial charge in [-0.2, -0.15) is 0 Å². The Bertz CT molecular complexity index is 946. The molecule has 2 fully saturated rings. The first kappa shape index (κ1) is 22.7. The highest BCUT2D eigenvalue weighted by molar-refractivity contribution is 5.61. The number of phenols is 1. The van der Waals surface area contributed by atoms with Gasteiger partial charge in [0.25, 0.3) is 0 Å². The van der Waals surface area contributed by atoms with E-state index in [0.29, 0.717) is 0 Å². The standard InChI is InChI=1S/C26H36N2O4/c1-24(2)23(25(3,4)26(24,30)18-7-9-19(29)10-8-18)28-15-13-27(14-16-28)21-12-11-20(31-5)17-22(21)32-6/h7-12,17,23,29-30H,13-16H2,1-6H3. The molecular weight excluding hydrogens is 404 g/mol. The number of hydrogen-bond donors (Lipinski definition) is 2. The van der Waals surface area contributed by atoms with Crippen molar-refractivity contribution in [3.05, 3.63) is 48.0 Å². The van der Waals surface area contributed by atoms with Crippen LogP contribution < -0.4 is 14.4 Å². The molecule has 0 atom stereocenters. The molecule has 2 N–H and O–H groups in total. The van der Waals surface area contributed by atoms with E-state index in [1.807, 2.05) is 24.3 Å². The highest BCUT2D eigenvalue weighted by Crippen LogP contribution is 2.68. The van der Waals surface area contributed by atoms with E-state index in [1.165, 1.54) is 0 Å². The van der Waals surface area contributed by atoms with E-state index >= 15 is 0 Å². The topological polar surface area (TPSA) is 65.4 Å². The number of phenolic OH excluding ortho intramolecular Hbond substituents is 1. The second-order valence-electron chi connectivity index (χ2n) is 10.2. The van der Waals surface area contributed by atoms with E-state index < -0.39 is 5.60 Å². The fourth-order valence-electron chi connectivity index (χ4n) is 6.68. The summed E-state index contributed by atoms with van der Waals surface area (Å²) in [6.45, 7) is 12.3. The van der Waals surface area contributed by atoms with E-state index in [2.05, 4.69) is 43.6 Å². The predicted molar refractivity (Wildman–Crippen MR) is 127 cm³/mol. The van der Waals surface area contributed by atoms with Crippen LogP contribution in [0.3, 0.4) is 0 Å². The number of nitrogens with zero attached hydrogens (tertiary/aromatic N) is 2. The Hall–Kier alpha value is -2.44. The van der Waals surface area contributed by atoms with E-state index in [0.717, 1.165) is 48.9 Å². The lowest BCUT2D eigenvalue weighted by atomic mass is 9.39. The van der Waals surface area contributed by atoms with Crippen LogP contribution in [0.25, 0.3) is 0 Å². The molecule has 0 radical (unpaired) electrons. The van der Waals surface area contributed by atoms with Crippen molar-refractivity contribution in [3.8, 4) is 17.2 Å². The molecule has 1 saturated carbocycles. The number of aromatic hydroxyl groups is 1. The summed E-state index contributed by atoms with van der Waals surface area (Å²) in [7, 11) is 3.35. The maximum Gasteiger partial charge on any atom is 0.145 e. The average Bonchev–Trinajstić information content (AvgIpc) is 2.78. The molecule has 1 aliphatic heterocycles. The molecule has 4 rings (SSSR count). The van der Waals surface area contributed by atoms with Gasteiger partial charge in [-0.15, -0.1) is 0 Å². The third-order valence-corrected chi connectivity index (χ3v) is 7.92. The van der Waals surface area contributed by atoms with Crippen LogP contribution in [0.1, 0.15) is 33.3 Å². The second-order valence-corrected chi connectivity index (χ2v) is 10.2. The van der Waals surface area contributed by atoms with Gasteiger partial charge in [-0.05, 0) is 29.8 Å². The van der Waals surface area contributed by atoms with Crippen molar-refractivity contribution >= 4 is 5.69 Å². The quantitative estimate of drug-likeness (QED) is 0.736. The van der Waals surface area contributed by atoms with Gasteiger partial charge in [-0.25, -0.2) is 0 Å². The van der Waals surface area contributed by atoms with Gasteiger partial charge in [-0.1, -0.05) is 39.8 Å². The lowest BCUT2D eigenvalue weighted by Crippen LogP contribution is -2.79. The lowest BCUT2D eigenvalue weighted by molar-refractivity contribution is -0.307. The first-order valence-corrected chi connectivity index (χ1v) is 11.3. The number of aliphatic hydroxyl groups is 1. The average molecular weight is 441 g/mol. The van der Waals surface area contributed by atoms with Gasteiger partial charge in [-0.3, -0.25) is 4.90 Å². The summed E-state index contributed by atoms with van der Waals surface area (Å²) < 4.78 is 10.9. The molecule has 0 amide bonds. The number of benzene rings is 2. The fraction of sp³-hybridized carbons (Fsp3) is 0.538. The van der Waals surface area contributed by atoms with Gasteiger partial charge in [0.05, 0.1) is 19.9 Å². The molecule has 1 saturated heterocycles. The Morgan fingerprint density at radius 1 is 0.844 bits per heavy atom. The molecule has 6 heteroatoms. The summed E-state index contributed by atoms with van der Waals surface area (Å²) in [5.41, 5.74) is 0.291. The van der Waals surface area contributed by atoms with Crippen LogP contribution in [-0.2, 0) is 5.60 Å². The third kappa shape index (κ3) is 3.15. The molecule has 2 aromatic carbocycles. The third-order valence-electron chi connectivity index (χ3n) is 7.92. The predicted octanol–water partition coefficient (Wildman–Crippen LogP) is 3.85. The number of methoxy groups -OCH3 is 2. The summed E-state index contributed by atoms with van der Waals surface area (Å²) in [5, 5.41) is 21.6. The molecule has 0 aromatic heterocycles. The van der Waals surface area contributed by atoms with Gasteiger partial charge >= 0.3 is 0 Å². The summed E-state index contributed by atoms with van der Waals surface area (Å²) >= 11 is 0. The molecule has 0 unspecified atom stereocenters. The zero-order valence-corrected chi connectivity index (χ0v) is 20.1. The minimum absolute atomic E-state index is 0.217. The Morgan fingerprint density at radius 3 is 1.97 bits per heavy atom. The van der Waals surface area contributed by atoms with Crippen LogP contribution >= 0.6 is 0 Å². The molecule has 0 spiro atoms. The molecular formula is C26H36N2O4. The minimum atomic E-state index is -0.977. The largest absolute Gasteiger partial charge is 0.508 e. The van der Waals surface area contributed by atoms with Crippen LogP contribution in [0.5, 0.6) is 17.2 Å². The molecule has 0 bridgehead atoms. The first-order valence-electron chi connectivity index (χ1n) is 11.3. The molecule has 2 aromatic rings. The smallest absolute Gasteiger partial charge is 0.145 e. The molecule has 1 heterocycles. The number of hydrogen-bond acceptors (Lipinski definition) is 6. The summed E-state index contributed by atoms with van der Waals surface area (Å²) in [5.74, 6) is 1.83. The Kier molecular flexibility index (Phi) is 5.58. The molecule has 1 aliphatic carbocycles. The van der Waals surface area contributed by atoms with Gasteiger partial charge in [0, 0.05) is 49.1 Å². The Balaban J connectivity index is 1.52. The molecule has 2 aliphatic rings. The van der Waals surface area contributed by atoms with Crippen LogP contribution in [0.4, 0.5) is 5.69 Å². The van der Waals surface area contributed by atoms with E-state index in [4.69, 9.17) is 9.47 Å². The monoisotopic (exact) mass is 440 g/mol. The van der Waals surface area contributed by atoms with E-state index in [1.54, 1.807) is 26.4 Å². The summed E-state index contributed by atoms with van der Waals surface area (Å²) in [4.78, 5) is 4.89. The zero-order chi connectivity index (χ0) is 23.3. The van der Waals surface area contributed by atoms with Crippen LogP contribution in [0.2, 0.25) is 0 Å². The zero-order valence-electron chi connectivity index (χ0n) is 20.1. The van der Waals surface area contributed by atoms with Gasteiger partial charge in [0.15, 0.2) is 0 Å². The normalized spacial score (nSPS) is 27.0. The van der Waals surface area contributed by atoms with Gasteiger partial charge < -0.3 is 24.6 Å². The summed E-state index contributed by atoms with van der Waals surface area (Å²) in [6.07, 6.45) is 0. The van der Waals surface area contributed by atoms with Crippen molar-refractivity contribution in [2.45, 2.75) is 39.3 Å². The van der Waals surface area contributed by atoms with E-state index in [9.17, 15) is 10.2 Å². The number of ether oxygens (including phenoxy) is 2. The van der Waals surface area contributed by atoms with Gasteiger partial charge in [0.1, 0.15) is 22.8 Å². The lowest BCUT2D eigenvalue weighted by Gasteiger charge is -2.72. The summed E-state index contributed by atoms with van der Waals surface area (Å²) in [6, 6.07) is 13.2. The first-order chi connectivity index (χ1) is 15.1. The SMILES string of the molecule is COc1ccc(N2CCN(C3C(C)(C)C(O)(c4ccc(O)cc4)C3(C)C)CC2)c(OC)c1. The Labute approximate surface area is 191 Å². The number of anilines is 1. The van der Waals surface area contributed by atoms with E-state index in [-0.39, 0.29) is 22.6 Å². The maximum absolute atomic E-state index is 11.9. The second kappa shape index (κ2) is 7.85. The molecule has 174 valence electrons. The van der Waals surface area contributed by atoms with Gasteiger partial charge in [0.2, 0.25) is 0 Å². The van der Waals surface area contributed by atoms with Crippen LogP contribution in [0.15, 0.2) is 42.5 Å². The van der Waals surface area contributed by atoms with Crippen LogP contribution in [-0.4, -0.2) is 61.6 Å².